The molecule has 0 spiro atoms. The minimum Gasteiger partial charge on any atom is -0.486 e. The number of nitrogens with two attached hydrogens (primary N) is 1. The molecule has 19 heavy (non-hydrogen) atoms. The minimum atomic E-state index is -0.286. The molecular weight excluding hydrogens is 242 g/mol. The molecule has 2 aromatic rings. The van der Waals surface area contributed by atoms with Crippen molar-refractivity contribution in [3.8, 4) is 11.5 Å². The van der Waals surface area contributed by atoms with Crippen LogP contribution in [0.2, 0.25) is 0 Å². The topological polar surface area (TPSA) is 62.3 Å². The van der Waals surface area contributed by atoms with E-state index in [1.54, 1.807) is 0 Å². The van der Waals surface area contributed by atoms with Crippen LogP contribution in [-0.4, -0.2) is 28.3 Å². The second-order valence-corrected chi connectivity index (χ2v) is 5.72. The normalized spacial score (nSPS) is 14.9. The molecule has 0 saturated heterocycles. The Kier molecular flexibility index (Phi) is 2.67. The molecule has 0 saturated carbocycles. The summed E-state index contributed by atoms with van der Waals surface area (Å²) < 4.78 is 13.3. The zero-order chi connectivity index (χ0) is 13.6. The molecule has 0 fully saturated rings. The van der Waals surface area contributed by atoms with Crippen molar-refractivity contribution in [2.75, 3.05) is 13.2 Å². The molecule has 0 bridgehead atoms. The van der Waals surface area contributed by atoms with Gasteiger partial charge in [0.1, 0.15) is 19.0 Å². The molecule has 0 aliphatic carbocycles. The molecule has 1 aliphatic rings. The summed E-state index contributed by atoms with van der Waals surface area (Å²) >= 11 is 0. The molecule has 1 aromatic heterocycles. The summed E-state index contributed by atoms with van der Waals surface area (Å²) in [6.45, 7) is 7.91. The fraction of sp³-hybridized carbons (Fsp3) is 0.500. The minimum absolute atomic E-state index is 0.286. The first-order chi connectivity index (χ1) is 8.94. The van der Waals surface area contributed by atoms with Crippen molar-refractivity contribution in [1.82, 2.24) is 9.55 Å². The van der Waals surface area contributed by atoms with Gasteiger partial charge in [0.25, 0.3) is 0 Å². The Balaban J connectivity index is 2.14. The van der Waals surface area contributed by atoms with Gasteiger partial charge in [0.15, 0.2) is 11.5 Å². The number of hydrogen-bond donors (Lipinski definition) is 1. The molecule has 1 aliphatic heterocycles. The zero-order valence-corrected chi connectivity index (χ0v) is 11.6. The molecular formula is C14H19N3O2. The predicted molar refractivity (Wildman–Crippen MR) is 73.7 cm³/mol. The van der Waals surface area contributed by atoms with E-state index in [1.165, 1.54) is 0 Å². The van der Waals surface area contributed by atoms with Crippen LogP contribution in [0.5, 0.6) is 11.5 Å². The Morgan fingerprint density at radius 3 is 2.53 bits per heavy atom. The van der Waals surface area contributed by atoms with Crippen molar-refractivity contribution < 1.29 is 9.47 Å². The fourth-order valence-corrected chi connectivity index (χ4v) is 2.39. The second-order valence-electron chi connectivity index (χ2n) is 5.72. The highest BCUT2D eigenvalue weighted by atomic mass is 16.6. The van der Waals surface area contributed by atoms with Crippen molar-refractivity contribution in [2.24, 2.45) is 5.73 Å². The monoisotopic (exact) mass is 261 g/mol. The molecule has 2 heterocycles. The molecule has 1 aromatic carbocycles. The van der Waals surface area contributed by atoms with Gasteiger partial charge in [-0.2, -0.15) is 0 Å². The fourth-order valence-electron chi connectivity index (χ4n) is 2.39. The van der Waals surface area contributed by atoms with E-state index in [-0.39, 0.29) is 5.54 Å². The summed E-state index contributed by atoms with van der Waals surface area (Å²) in [6.07, 6.45) is 0. The molecule has 3 rings (SSSR count). The van der Waals surface area contributed by atoms with Gasteiger partial charge >= 0.3 is 0 Å². The van der Waals surface area contributed by atoms with E-state index in [4.69, 9.17) is 15.2 Å². The molecule has 0 amide bonds. The summed E-state index contributed by atoms with van der Waals surface area (Å²) in [5.41, 5.74) is 7.80. The Hall–Kier alpha value is -1.75. The quantitative estimate of drug-likeness (QED) is 0.896. The van der Waals surface area contributed by atoms with Gasteiger partial charge in [-0.15, -0.1) is 0 Å². The van der Waals surface area contributed by atoms with Gasteiger partial charge in [-0.25, -0.2) is 4.98 Å². The smallest absolute Gasteiger partial charge is 0.163 e. The highest BCUT2D eigenvalue weighted by Gasteiger charge is 2.19. The van der Waals surface area contributed by atoms with Crippen molar-refractivity contribution >= 4 is 11.0 Å². The number of fused-ring (bicyclic) bond motifs is 2. The van der Waals surface area contributed by atoms with Crippen LogP contribution in [0.1, 0.15) is 19.7 Å². The first kappa shape index (κ1) is 12.3. The van der Waals surface area contributed by atoms with Crippen molar-refractivity contribution in [1.29, 1.82) is 0 Å². The number of imidazole rings is 1. The lowest BCUT2D eigenvalue weighted by molar-refractivity contribution is 0.172. The largest absolute Gasteiger partial charge is 0.486 e. The molecule has 102 valence electrons. The zero-order valence-electron chi connectivity index (χ0n) is 11.6. The van der Waals surface area contributed by atoms with Crippen molar-refractivity contribution in [3.63, 3.8) is 0 Å². The lowest BCUT2D eigenvalue weighted by Crippen LogP contribution is -2.37. The van der Waals surface area contributed by atoms with Crippen LogP contribution in [0.15, 0.2) is 12.1 Å². The first-order valence-corrected chi connectivity index (χ1v) is 6.49. The SMILES string of the molecule is Cc1nc2cc3c(cc2n1CC(C)(C)N)OCCO3. The maximum absolute atomic E-state index is 6.12. The Morgan fingerprint density at radius 2 is 1.89 bits per heavy atom. The van der Waals surface area contributed by atoms with Crippen LogP contribution >= 0.6 is 0 Å². The van der Waals surface area contributed by atoms with Gasteiger partial charge in [-0.3, -0.25) is 0 Å². The third-order valence-electron chi connectivity index (χ3n) is 3.17. The molecule has 0 radical (unpaired) electrons. The summed E-state index contributed by atoms with van der Waals surface area (Å²) in [7, 11) is 0. The Bertz CT molecular complexity index is 626. The summed E-state index contributed by atoms with van der Waals surface area (Å²) in [4.78, 5) is 4.58. The van der Waals surface area contributed by atoms with Gasteiger partial charge in [-0.05, 0) is 20.8 Å². The number of nitrogens with zero attached hydrogens (tertiary/aromatic N) is 2. The summed E-state index contributed by atoms with van der Waals surface area (Å²) in [5.74, 6) is 2.51. The lowest BCUT2D eigenvalue weighted by Gasteiger charge is -2.22. The average molecular weight is 261 g/mol. The lowest BCUT2D eigenvalue weighted by atomic mass is 10.1. The van der Waals surface area contributed by atoms with E-state index in [9.17, 15) is 0 Å². The highest BCUT2D eigenvalue weighted by molar-refractivity contribution is 5.80. The maximum Gasteiger partial charge on any atom is 0.163 e. The number of benzene rings is 1. The van der Waals surface area contributed by atoms with Gasteiger partial charge in [0.05, 0.1) is 11.0 Å². The van der Waals surface area contributed by atoms with Crippen molar-refractivity contribution in [2.45, 2.75) is 32.9 Å². The van der Waals surface area contributed by atoms with Gasteiger partial charge in [0.2, 0.25) is 0 Å². The van der Waals surface area contributed by atoms with Gasteiger partial charge < -0.3 is 19.8 Å². The number of aryl methyl sites for hydroxylation is 1. The van der Waals surface area contributed by atoms with Gasteiger partial charge in [-0.1, -0.05) is 0 Å². The second kappa shape index (κ2) is 4.13. The first-order valence-electron chi connectivity index (χ1n) is 6.49. The Morgan fingerprint density at radius 1 is 1.26 bits per heavy atom. The average Bonchev–Trinajstić information content (AvgIpc) is 2.61. The number of rotatable bonds is 2. The van der Waals surface area contributed by atoms with E-state index in [0.29, 0.717) is 13.2 Å². The number of hydrogen-bond acceptors (Lipinski definition) is 4. The molecule has 5 heteroatoms. The molecule has 0 atom stereocenters. The van der Waals surface area contributed by atoms with Crippen molar-refractivity contribution in [3.05, 3.63) is 18.0 Å². The number of ether oxygens (including phenoxy) is 2. The van der Waals surface area contributed by atoms with Gasteiger partial charge in [0, 0.05) is 24.2 Å². The van der Waals surface area contributed by atoms with E-state index >= 15 is 0 Å². The highest BCUT2D eigenvalue weighted by Crippen LogP contribution is 2.34. The summed E-state index contributed by atoms with van der Waals surface area (Å²) in [5, 5.41) is 0. The standard InChI is InChI=1S/C14H19N3O2/c1-9-16-10-6-12-13(19-5-4-18-12)7-11(10)17(9)8-14(2,3)15/h6-7H,4-5,8,15H2,1-3H3. The van der Waals surface area contributed by atoms with Crippen LogP contribution in [0.4, 0.5) is 0 Å². The molecule has 0 unspecified atom stereocenters. The van der Waals surface area contributed by atoms with Crippen LogP contribution in [-0.2, 0) is 6.54 Å². The molecule has 5 nitrogen and oxygen atoms in total. The van der Waals surface area contributed by atoms with E-state index in [0.717, 1.165) is 34.9 Å². The van der Waals surface area contributed by atoms with E-state index < -0.39 is 0 Å². The maximum atomic E-state index is 6.12. The van der Waals surface area contributed by atoms with Crippen LogP contribution in [0.25, 0.3) is 11.0 Å². The predicted octanol–water partition coefficient (Wildman–Crippen LogP) is 1.85. The third kappa shape index (κ3) is 2.26. The van der Waals surface area contributed by atoms with Crippen LogP contribution in [0, 0.1) is 6.92 Å². The molecule has 2 N–H and O–H groups in total. The van der Waals surface area contributed by atoms with Crippen LogP contribution in [0.3, 0.4) is 0 Å². The Labute approximate surface area is 112 Å². The summed E-state index contributed by atoms with van der Waals surface area (Å²) in [6, 6.07) is 3.94. The van der Waals surface area contributed by atoms with E-state index in [1.807, 2.05) is 32.9 Å². The number of aromatic nitrogens is 2. The van der Waals surface area contributed by atoms with Crippen LogP contribution < -0.4 is 15.2 Å². The third-order valence-corrected chi connectivity index (χ3v) is 3.17. The van der Waals surface area contributed by atoms with E-state index in [2.05, 4.69) is 9.55 Å².